The van der Waals surface area contributed by atoms with Crippen LogP contribution in [0.4, 0.5) is 0 Å². The summed E-state index contributed by atoms with van der Waals surface area (Å²) in [7, 11) is 0. The van der Waals surface area contributed by atoms with Crippen LogP contribution in [0.15, 0.2) is 12.5 Å². The predicted molar refractivity (Wildman–Crippen MR) is 80.4 cm³/mol. The smallest absolute Gasteiger partial charge is 0.0948 e. The van der Waals surface area contributed by atoms with Crippen LogP contribution in [-0.4, -0.2) is 22.1 Å². The van der Waals surface area contributed by atoms with E-state index in [0.717, 1.165) is 19.1 Å². The minimum atomic E-state index is 0.179. The Bertz CT molecular complexity index is 368. The van der Waals surface area contributed by atoms with Crippen molar-refractivity contribution in [2.75, 3.05) is 6.54 Å². The van der Waals surface area contributed by atoms with Gasteiger partial charge in [0.2, 0.25) is 0 Å². The summed E-state index contributed by atoms with van der Waals surface area (Å²) in [4.78, 5) is 4.30. The molecule has 1 aliphatic carbocycles. The lowest BCUT2D eigenvalue weighted by atomic mass is 9.92. The van der Waals surface area contributed by atoms with Crippen molar-refractivity contribution in [2.45, 2.75) is 77.3 Å². The Morgan fingerprint density at radius 3 is 2.53 bits per heavy atom. The minimum absolute atomic E-state index is 0.179. The maximum Gasteiger partial charge on any atom is 0.0948 e. The van der Waals surface area contributed by atoms with E-state index in [-0.39, 0.29) is 5.41 Å². The molecule has 0 amide bonds. The third-order valence-electron chi connectivity index (χ3n) is 4.12. The molecule has 1 aromatic heterocycles. The number of hydrogen-bond donors (Lipinski definition) is 1. The quantitative estimate of drug-likeness (QED) is 0.843. The van der Waals surface area contributed by atoms with Gasteiger partial charge in [0.25, 0.3) is 0 Å². The molecule has 1 aromatic rings. The van der Waals surface area contributed by atoms with Crippen molar-refractivity contribution in [3.63, 3.8) is 0 Å². The molecule has 1 fully saturated rings. The van der Waals surface area contributed by atoms with Gasteiger partial charge in [-0.05, 0) is 12.8 Å². The standard InChI is InChI=1S/C16H29N3/c1-16(2,3)15-12-17-13-19(15)11-10-18-14-8-6-4-5-7-9-14/h12-14,18H,4-11H2,1-3H3. The van der Waals surface area contributed by atoms with Crippen molar-refractivity contribution in [1.29, 1.82) is 0 Å². The molecule has 0 aliphatic heterocycles. The predicted octanol–water partition coefficient (Wildman–Crippen LogP) is 3.49. The third kappa shape index (κ3) is 4.34. The molecular formula is C16H29N3. The number of aromatic nitrogens is 2. The van der Waals surface area contributed by atoms with Gasteiger partial charge in [-0.2, -0.15) is 0 Å². The fourth-order valence-corrected chi connectivity index (χ4v) is 3.00. The maximum absolute atomic E-state index is 4.30. The van der Waals surface area contributed by atoms with E-state index in [9.17, 15) is 0 Å². The molecule has 1 saturated carbocycles. The Kier molecular flexibility index (Phi) is 5.03. The molecule has 2 rings (SSSR count). The molecule has 0 spiro atoms. The average Bonchev–Trinajstić information content (AvgIpc) is 2.66. The minimum Gasteiger partial charge on any atom is -0.333 e. The number of imidazole rings is 1. The van der Waals surface area contributed by atoms with E-state index in [2.05, 4.69) is 35.6 Å². The van der Waals surface area contributed by atoms with Gasteiger partial charge in [-0.3, -0.25) is 0 Å². The molecule has 1 heterocycles. The summed E-state index contributed by atoms with van der Waals surface area (Å²) in [6, 6.07) is 0.740. The van der Waals surface area contributed by atoms with E-state index in [4.69, 9.17) is 0 Å². The van der Waals surface area contributed by atoms with Gasteiger partial charge in [0.05, 0.1) is 6.33 Å². The van der Waals surface area contributed by atoms with E-state index in [1.807, 2.05) is 12.5 Å². The van der Waals surface area contributed by atoms with Crippen LogP contribution >= 0.6 is 0 Å². The highest BCUT2D eigenvalue weighted by Gasteiger charge is 2.18. The van der Waals surface area contributed by atoms with Gasteiger partial charge in [-0.1, -0.05) is 46.5 Å². The molecule has 0 radical (unpaired) electrons. The average molecular weight is 263 g/mol. The molecule has 1 N–H and O–H groups in total. The molecule has 19 heavy (non-hydrogen) atoms. The number of hydrogen-bond acceptors (Lipinski definition) is 2. The Morgan fingerprint density at radius 2 is 1.89 bits per heavy atom. The van der Waals surface area contributed by atoms with Gasteiger partial charge in [0.1, 0.15) is 0 Å². The van der Waals surface area contributed by atoms with Crippen molar-refractivity contribution < 1.29 is 0 Å². The largest absolute Gasteiger partial charge is 0.333 e. The summed E-state index contributed by atoms with van der Waals surface area (Å²) < 4.78 is 2.30. The molecule has 0 unspecified atom stereocenters. The molecule has 0 atom stereocenters. The van der Waals surface area contributed by atoms with Crippen LogP contribution < -0.4 is 5.32 Å². The lowest BCUT2D eigenvalue weighted by Gasteiger charge is -2.22. The monoisotopic (exact) mass is 263 g/mol. The van der Waals surface area contributed by atoms with Crippen molar-refractivity contribution in [2.24, 2.45) is 0 Å². The van der Waals surface area contributed by atoms with E-state index in [0.29, 0.717) is 0 Å². The summed E-state index contributed by atoms with van der Waals surface area (Å²) in [5.41, 5.74) is 1.51. The van der Waals surface area contributed by atoms with Gasteiger partial charge in [0, 0.05) is 36.4 Å². The van der Waals surface area contributed by atoms with Gasteiger partial charge in [-0.25, -0.2) is 4.98 Å². The summed E-state index contributed by atoms with van der Waals surface area (Å²) in [6.07, 6.45) is 12.3. The molecule has 0 aromatic carbocycles. The van der Waals surface area contributed by atoms with Crippen LogP contribution in [0.5, 0.6) is 0 Å². The number of rotatable bonds is 4. The summed E-state index contributed by atoms with van der Waals surface area (Å²) in [5, 5.41) is 3.73. The first-order chi connectivity index (χ1) is 9.07. The lowest BCUT2D eigenvalue weighted by Crippen LogP contribution is -2.32. The zero-order chi connectivity index (χ0) is 13.7. The van der Waals surface area contributed by atoms with Crippen molar-refractivity contribution in [1.82, 2.24) is 14.9 Å². The fraction of sp³-hybridized carbons (Fsp3) is 0.812. The SMILES string of the molecule is CC(C)(C)c1cncn1CCNC1CCCCCC1. The zero-order valence-electron chi connectivity index (χ0n) is 12.8. The summed E-state index contributed by atoms with van der Waals surface area (Å²) in [5.74, 6) is 0. The Balaban J connectivity index is 1.81. The van der Waals surface area contributed by atoms with Crippen LogP contribution in [-0.2, 0) is 12.0 Å². The maximum atomic E-state index is 4.30. The molecule has 108 valence electrons. The first-order valence-electron chi connectivity index (χ1n) is 7.81. The molecule has 3 nitrogen and oxygen atoms in total. The lowest BCUT2D eigenvalue weighted by molar-refractivity contribution is 0.433. The van der Waals surface area contributed by atoms with Crippen molar-refractivity contribution >= 4 is 0 Å². The van der Waals surface area contributed by atoms with Gasteiger partial charge >= 0.3 is 0 Å². The van der Waals surface area contributed by atoms with Crippen molar-refractivity contribution in [3.8, 4) is 0 Å². The highest BCUT2D eigenvalue weighted by atomic mass is 15.1. The molecule has 3 heteroatoms. The molecule has 0 saturated heterocycles. The Morgan fingerprint density at radius 1 is 1.21 bits per heavy atom. The van der Waals surface area contributed by atoms with E-state index >= 15 is 0 Å². The Hall–Kier alpha value is -0.830. The van der Waals surface area contributed by atoms with E-state index < -0.39 is 0 Å². The topological polar surface area (TPSA) is 29.9 Å². The number of nitrogens with one attached hydrogen (secondary N) is 1. The molecular weight excluding hydrogens is 234 g/mol. The Labute approximate surface area is 117 Å². The number of nitrogens with zero attached hydrogens (tertiary/aromatic N) is 2. The van der Waals surface area contributed by atoms with Crippen LogP contribution in [0, 0.1) is 0 Å². The fourth-order valence-electron chi connectivity index (χ4n) is 3.00. The normalized spacial score (nSPS) is 18.5. The second-order valence-electron chi connectivity index (χ2n) is 6.86. The van der Waals surface area contributed by atoms with E-state index in [1.54, 1.807) is 0 Å². The zero-order valence-corrected chi connectivity index (χ0v) is 12.8. The van der Waals surface area contributed by atoms with Gasteiger partial charge < -0.3 is 9.88 Å². The van der Waals surface area contributed by atoms with E-state index in [1.165, 1.54) is 44.2 Å². The van der Waals surface area contributed by atoms with Crippen LogP contribution in [0.1, 0.15) is 65.0 Å². The summed E-state index contributed by atoms with van der Waals surface area (Å²) >= 11 is 0. The second kappa shape index (κ2) is 6.56. The molecule has 1 aliphatic rings. The second-order valence-corrected chi connectivity index (χ2v) is 6.86. The highest BCUT2D eigenvalue weighted by Crippen LogP contribution is 2.21. The highest BCUT2D eigenvalue weighted by molar-refractivity contribution is 5.10. The van der Waals surface area contributed by atoms with Crippen LogP contribution in [0.2, 0.25) is 0 Å². The van der Waals surface area contributed by atoms with Crippen molar-refractivity contribution in [3.05, 3.63) is 18.2 Å². The summed E-state index contributed by atoms with van der Waals surface area (Å²) in [6.45, 7) is 8.84. The van der Waals surface area contributed by atoms with Gasteiger partial charge in [0.15, 0.2) is 0 Å². The first kappa shape index (κ1) is 14.6. The van der Waals surface area contributed by atoms with Crippen LogP contribution in [0.3, 0.4) is 0 Å². The van der Waals surface area contributed by atoms with Crippen LogP contribution in [0.25, 0.3) is 0 Å². The third-order valence-corrected chi connectivity index (χ3v) is 4.12. The van der Waals surface area contributed by atoms with Gasteiger partial charge in [-0.15, -0.1) is 0 Å². The molecule has 0 bridgehead atoms. The first-order valence-corrected chi connectivity index (χ1v) is 7.81.